The number of pyridine rings is 1. The van der Waals surface area contributed by atoms with E-state index in [1.807, 2.05) is 5.92 Å². The molecule has 0 radical (unpaired) electrons. The molecule has 1 atom stereocenters. The van der Waals surface area contributed by atoms with Crippen molar-refractivity contribution >= 4 is 11.7 Å². The van der Waals surface area contributed by atoms with Crippen LogP contribution < -0.4 is 10.6 Å². The van der Waals surface area contributed by atoms with Gasteiger partial charge in [0.2, 0.25) is 5.54 Å². The van der Waals surface area contributed by atoms with Crippen LogP contribution in [0, 0.1) is 17.7 Å². The van der Waals surface area contributed by atoms with Crippen LogP contribution in [0.4, 0.5) is 28.0 Å². The number of halogens is 4. The van der Waals surface area contributed by atoms with E-state index >= 15 is 0 Å². The highest BCUT2D eigenvalue weighted by molar-refractivity contribution is 5.94. The van der Waals surface area contributed by atoms with Crippen molar-refractivity contribution in [3.63, 3.8) is 0 Å². The summed E-state index contributed by atoms with van der Waals surface area (Å²) in [7, 11) is 0. The van der Waals surface area contributed by atoms with Crippen LogP contribution in [0.3, 0.4) is 0 Å². The average Bonchev–Trinajstić information content (AvgIpc) is 2.53. The predicted octanol–water partition coefficient (Wildman–Crippen LogP) is 3.17. The van der Waals surface area contributed by atoms with Gasteiger partial charge in [-0.25, -0.2) is 14.2 Å². The molecule has 122 valence electrons. The van der Waals surface area contributed by atoms with E-state index in [0.717, 1.165) is 12.1 Å². The third-order valence-corrected chi connectivity index (χ3v) is 3.40. The quantitative estimate of drug-likeness (QED) is 0.574. The van der Waals surface area contributed by atoms with Gasteiger partial charge < -0.3 is 10.6 Å². The molecular formula is C16H9F4N3O. The summed E-state index contributed by atoms with van der Waals surface area (Å²) < 4.78 is 54.9. The number of amides is 2. The number of benzene rings is 1. The van der Waals surface area contributed by atoms with Gasteiger partial charge in [-0.3, -0.25) is 0 Å². The second kappa shape index (κ2) is 5.53. The van der Waals surface area contributed by atoms with Crippen LogP contribution in [0.2, 0.25) is 0 Å². The van der Waals surface area contributed by atoms with Gasteiger partial charge in [0, 0.05) is 17.4 Å². The molecule has 4 nitrogen and oxygen atoms in total. The van der Waals surface area contributed by atoms with Crippen LogP contribution in [0.15, 0.2) is 42.6 Å². The lowest BCUT2D eigenvalue weighted by Gasteiger charge is -2.37. The van der Waals surface area contributed by atoms with Gasteiger partial charge in [-0.05, 0) is 36.3 Å². The Morgan fingerprint density at radius 1 is 1.17 bits per heavy atom. The summed E-state index contributed by atoms with van der Waals surface area (Å²) in [6, 6.07) is 6.20. The number of carbonyl (C=O) groups is 1. The molecule has 24 heavy (non-hydrogen) atoms. The van der Waals surface area contributed by atoms with Gasteiger partial charge in [-0.2, -0.15) is 13.2 Å². The van der Waals surface area contributed by atoms with E-state index in [2.05, 4.69) is 16.2 Å². The lowest BCUT2D eigenvalue weighted by molar-refractivity contribution is -0.178. The number of rotatable bonds is 0. The van der Waals surface area contributed by atoms with Crippen molar-refractivity contribution in [1.82, 2.24) is 10.3 Å². The van der Waals surface area contributed by atoms with Crippen molar-refractivity contribution < 1.29 is 22.4 Å². The summed E-state index contributed by atoms with van der Waals surface area (Å²) in [5.41, 5.74) is -3.62. The monoisotopic (exact) mass is 335 g/mol. The van der Waals surface area contributed by atoms with Crippen LogP contribution in [0.1, 0.15) is 11.3 Å². The normalized spacial score (nSPS) is 19.4. The lowest BCUT2D eigenvalue weighted by Crippen LogP contribution is -2.59. The lowest BCUT2D eigenvalue weighted by atomic mass is 9.86. The van der Waals surface area contributed by atoms with Crippen molar-refractivity contribution in [3.05, 3.63) is 59.7 Å². The molecule has 2 aromatic rings. The zero-order valence-electron chi connectivity index (χ0n) is 11.9. The van der Waals surface area contributed by atoms with Crippen molar-refractivity contribution in [1.29, 1.82) is 0 Å². The summed E-state index contributed by atoms with van der Waals surface area (Å²) >= 11 is 0. The van der Waals surface area contributed by atoms with Crippen LogP contribution >= 0.6 is 0 Å². The maximum Gasteiger partial charge on any atom is 0.427 e. The summed E-state index contributed by atoms with van der Waals surface area (Å²) in [4.78, 5) is 15.5. The van der Waals surface area contributed by atoms with Gasteiger partial charge in [-0.1, -0.05) is 12.0 Å². The third-order valence-electron chi connectivity index (χ3n) is 3.40. The molecule has 3 rings (SSSR count). The zero-order chi connectivity index (χ0) is 17.4. The minimum atomic E-state index is -4.98. The van der Waals surface area contributed by atoms with E-state index in [9.17, 15) is 22.4 Å². The van der Waals surface area contributed by atoms with Crippen LogP contribution in [-0.2, 0) is 5.54 Å². The minimum absolute atomic E-state index is 0.0897. The number of hydrogen-bond donors (Lipinski definition) is 2. The number of aromatic nitrogens is 1. The van der Waals surface area contributed by atoms with Crippen molar-refractivity contribution in [2.75, 3.05) is 5.32 Å². The first-order valence-electron chi connectivity index (χ1n) is 6.72. The van der Waals surface area contributed by atoms with Gasteiger partial charge in [0.15, 0.2) is 0 Å². The molecule has 0 aliphatic carbocycles. The summed E-state index contributed by atoms with van der Waals surface area (Å²) in [6.07, 6.45) is -3.60. The number of nitrogens with zero attached hydrogens (tertiary/aromatic N) is 1. The first kappa shape index (κ1) is 15.8. The van der Waals surface area contributed by atoms with Gasteiger partial charge in [0.1, 0.15) is 11.5 Å². The molecule has 1 aromatic carbocycles. The molecule has 1 aromatic heterocycles. The molecule has 0 saturated heterocycles. The van der Waals surface area contributed by atoms with E-state index in [4.69, 9.17) is 0 Å². The molecular weight excluding hydrogens is 326 g/mol. The number of nitrogens with one attached hydrogen (secondary N) is 2. The fraction of sp³-hybridized carbons (Fsp3) is 0.125. The number of carbonyl (C=O) groups excluding carboxylic acids is 1. The Morgan fingerprint density at radius 2 is 1.96 bits per heavy atom. The number of fused-ring (bicyclic) bond motifs is 1. The fourth-order valence-electron chi connectivity index (χ4n) is 2.31. The standard InChI is InChI=1S/C16H9F4N3O/c17-10-4-5-13-12(9-10)15(16(18,19)20,23-14(24)22-13)7-6-11-3-1-2-8-21-11/h1-5,8-9H,(H2,22,23,24)/t15-/m0/s1. The van der Waals surface area contributed by atoms with Crippen LogP contribution in [-0.4, -0.2) is 17.2 Å². The molecule has 0 fully saturated rings. The maximum absolute atomic E-state index is 13.8. The van der Waals surface area contributed by atoms with E-state index < -0.39 is 29.1 Å². The highest BCUT2D eigenvalue weighted by Gasteiger charge is 2.59. The highest BCUT2D eigenvalue weighted by atomic mass is 19.4. The van der Waals surface area contributed by atoms with Gasteiger partial charge in [-0.15, -0.1) is 0 Å². The van der Waals surface area contributed by atoms with Crippen molar-refractivity contribution in [3.8, 4) is 11.8 Å². The van der Waals surface area contributed by atoms with Crippen molar-refractivity contribution in [2.24, 2.45) is 0 Å². The summed E-state index contributed by atoms with van der Waals surface area (Å²) in [6.45, 7) is 0. The smallest absolute Gasteiger partial charge is 0.310 e. The van der Waals surface area contributed by atoms with E-state index in [-0.39, 0.29) is 11.4 Å². The molecule has 8 heteroatoms. The van der Waals surface area contributed by atoms with Gasteiger partial charge in [0.25, 0.3) is 0 Å². The Kier molecular flexibility index (Phi) is 3.64. The molecule has 1 aliphatic rings. The average molecular weight is 335 g/mol. The zero-order valence-corrected chi connectivity index (χ0v) is 11.9. The molecule has 2 N–H and O–H groups in total. The number of urea groups is 1. The maximum atomic E-state index is 13.8. The Hall–Kier alpha value is -3.08. The Labute approximate surface area is 133 Å². The molecule has 2 amide bonds. The molecule has 2 heterocycles. The number of alkyl halides is 3. The second-order valence-corrected chi connectivity index (χ2v) is 4.98. The Bertz CT molecular complexity index is 855. The van der Waals surface area contributed by atoms with Crippen LogP contribution in [0.5, 0.6) is 0 Å². The number of hydrogen-bond acceptors (Lipinski definition) is 2. The Morgan fingerprint density at radius 3 is 2.62 bits per heavy atom. The summed E-state index contributed by atoms with van der Waals surface area (Å²) in [5, 5.41) is 3.99. The summed E-state index contributed by atoms with van der Waals surface area (Å²) in [5.74, 6) is 3.45. The molecule has 0 bridgehead atoms. The minimum Gasteiger partial charge on any atom is -0.310 e. The highest BCUT2D eigenvalue weighted by Crippen LogP contribution is 2.43. The predicted molar refractivity (Wildman–Crippen MR) is 77.4 cm³/mol. The SMILES string of the molecule is O=C1Nc2ccc(F)cc2[C@@](C#Cc2ccccn2)(C(F)(F)F)N1. The molecule has 1 aliphatic heterocycles. The van der Waals surface area contributed by atoms with Crippen LogP contribution in [0.25, 0.3) is 0 Å². The van der Waals surface area contributed by atoms with Gasteiger partial charge in [0.05, 0.1) is 0 Å². The topological polar surface area (TPSA) is 54.0 Å². The fourth-order valence-corrected chi connectivity index (χ4v) is 2.31. The second-order valence-electron chi connectivity index (χ2n) is 4.98. The largest absolute Gasteiger partial charge is 0.427 e. The van der Waals surface area contributed by atoms with Gasteiger partial charge >= 0.3 is 12.2 Å². The molecule has 0 spiro atoms. The van der Waals surface area contributed by atoms with Crippen molar-refractivity contribution in [2.45, 2.75) is 11.7 Å². The van der Waals surface area contributed by atoms with E-state index in [0.29, 0.717) is 6.07 Å². The Balaban J connectivity index is 2.23. The number of anilines is 1. The molecule has 0 unspecified atom stereocenters. The van der Waals surface area contributed by atoms with E-state index in [1.54, 1.807) is 17.4 Å². The first-order valence-corrected chi connectivity index (χ1v) is 6.72. The molecule has 0 saturated carbocycles. The van der Waals surface area contributed by atoms with E-state index in [1.165, 1.54) is 12.3 Å². The first-order chi connectivity index (χ1) is 11.3. The third kappa shape index (κ3) is 2.65.